The lowest BCUT2D eigenvalue weighted by atomic mass is 10.3. The molecule has 0 radical (unpaired) electrons. The molecule has 7 heteroatoms. The lowest BCUT2D eigenvalue weighted by molar-refractivity contribution is 0.459. The van der Waals surface area contributed by atoms with Gasteiger partial charge in [0, 0.05) is 11.4 Å². The molecule has 2 aromatic heterocycles. The summed E-state index contributed by atoms with van der Waals surface area (Å²) >= 11 is 1.33. The van der Waals surface area contributed by atoms with Crippen molar-refractivity contribution in [1.29, 1.82) is 0 Å². The van der Waals surface area contributed by atoms with E-state index < -0.39 is 16.1 Å². The van der Waals surface area contributed by atoms with Gasteiger partial charge in [-0.25, -0.2) is 13.1 Å². The summed E-state index contributed by atoms with van der Waals surface area (Å²) in [7, 11) is -3.56. The summed E-state index contributed by atoms with van der Waals surface area (Å²) in [5.74, 6) is 0.572. The zero-order valence-electron chi connectivity index (χ0n) is 9.79. The maximum absolute atomic E-state index is 12.2. The molecule has 0 aliphatic rings. The highest BCUT2D eigenvalue weighted by molar-refractivity contribution is 7.89. The second-order valence-electron chi connectivity index (χ2n) is 3.77. The molecule has 0 aliphatic carbocycles. The minimum absolute atomic E-state index is 0.211. The molecule has 1 unspecified atom stereocenters. The Morgan fingerprint density at radius 2 is 2.28 bits per heavy atom. The Morgan fingerprint density at radius 3 is 2.89 bits per heavy atom. The minimum atomic E-state index is -3.56. The number of hydrogen-bond donors (Lipinski definition) is 2. The second kappa shape index (κ2) is 5.23. The predicted octanol–water partition coefficient (Wildman–Crippen LogP) is 1.84. The molecule has 0 fully saturated rings. The smallest absolute Gasteiger partial charge is 0.242 e. The van der Waals surface area contributed by atoms with Crippen molar-refractivity contribution in [1.82, 2.24) is 4.72 Å². The minimum Gasteiger partial charge on any atom is -0.468 e. The van der Waals surface area contributed by atoms with Gasteiger partial charge in [-0.05, 0) is 30.5 Å². The maximum Gasteiger partial charge on any atom is 0.242 e. The molecule has 1 atom stereocenters. The van der Waals surface area contributed by atoms with E-state index in [4.69, 9.17) is 10.2 Å². The lowest BCUT2D eigenvalue weighted by Crippen LogP contribution is -2.27. The van der Waals surface area contributed by atoms with Gasteiger partial charge in [-0.1, -0.05) is 0 Å². The van der Waals surface area contributed by atoms with E-state index >= 15 is 0 Å². The highest BCUT2D eigenvalue weighted by Gasteiger charge is 2.22. The van der Waals surface area contributed by atoms with Crippen LogP contribution in [0.1, 0.15) is 23.6 Å². The molecule has 5 nitrogen and oxygen atoms in total. The number of sulfonamides is 1. The summed E-state index contributed by atoms with van der Waals surface area (Å²) in [6.45, 7) is 1.94. The van der Waals surface area contributed by atoms with Gasteiger partial charge in [-0.3, -0.25) is 0 Å². The normalized spacial score (nSPS) is 13.7. The SMILES string of the molecule is CC(NS(=O)(=O)c1ccsc1CN)c1ccco1. The van der Waals surface area contributed by atoms with Crippen LogP contribution in [0, 0.1) is 0 Å². The van der Waals surface area contributed by atoms with Gasteiger partial charge in [-0.2, -0.15) is 0 Å². The first-order valence-electron chi connectivity index (χ1n) is 5.37. The summed E-state index contributed by atoms with van der Waals surface area (Å²) < 4.78 is 32.1. The third kappa shape index (κ3) is 2.64. The summed E-state index contributed by atoms with van der Waals surface area (Å²) in [6.07, 6.45) is 1.51. The van der Waals surface area contributed by atoms with Crippen LogP contribution in [-0.2, 0) is 16.6 Å². The van der Waals surface area contributed by atoms with E-state index in [2.05, 4.69) is 4.72 Å². The van der Waals surface area contributed by atoms with Crippen molar-refractivity contribution in [2.75, 3.05) is 0 Å². The van der Waals surface area contributed by atoms with Gasteiger partial charge in [0.25, 0.3) is 0 Å². The monoisotopic (exact) mass is 286 g/mol. The van der Waals surface area contributed by atoms with Crippen LogP contribution in [0.2, 0.25) is 0 Å². The van der Waals surface area contributed by atoms with Crippen molar-refractivity contribution in [3.63, 3.8) is 0 Å². The fraction of sp³-hybridized carbons (Fsp3) is 0.273. The topological polar surface area (TPSA) is 85.3 Å². The fourth-order valence-electron chi connectivity index (χ4n) is 1.61. The third-order valence-corrected chi connectivity index (χ3v) is 5.18. The Kier molecular flexibility index (Phi) is 3.86. The summed E-state index contributed by atoms with van der Waals surface area (Å²) in [5.41, 5.74) is 5.52. The van der Waals surface area contributed by atoms with Gasteiger partial charge in [0.1, 0.15) is 5.76 Å². The van der Waals surface area contributed by atoms with E-state index in [1.165, 1.54) is 17.6 Å². The van der Waals surface area contributed by atoms with Crippen molar-refractivity contribution >= 4 is 21.4 Å². The maximum atomic E-state index is 12.2. The molecule has 0 aromatic carbocycles. The molecule has 0 spiro atoms. The molecule has 2 rings (SSSR count). The van der Waals surface area contributed by atoms with Crippen molar-refractivity contribution in [3.8, 4) is 0 Å². The molecule has 0 saturated heterocycles. The van der Waals surface area contributed by atoms with E-state index in [0.717, 1.165) is 0 Å². The van der Waals surface area contributed by atoms with Crippen LogP contribution in [0.5, 0.6) is 0 Å². The van der Waals surface area contributed by atoms with Crippen molar-refractivity contribution in [2.24, 2.45) is 5.73 Å². The highest BCUT2D eigenvalue weighted by Crippen LogP contribution is 2.23. The zero-order valence-corrected chi connectivity index (χ0v) is 11.4. The van der Waals surface area contributed by atoms with Gasteiger partial charge in [-0.15, -0.1) is 11.3 Å². The second-order valence-corrected chi connectivity index (χ2v) is 6.45. The molecule has 0 bridgehead atoms. The Morgan fingerprint density at radius 1 is 1.50 bits per heavy atom. The molecular weight excluding hydrogens is 272 g/mol. The van der Waals surface area contributed by atoms with E-state index in [0.29, 0.717) is 10.6 Å². The van der Waals surface area contributed by atoms with E-state index in [1.54, 1.807) is 30.5 Å². The average molecular weight is 286 g/mol. The standard InChI is InChI=1S/C11H14N2O3S2/c1-8(9-3-2-5-16-9)13-18(14,15)11-4-6-17-10(11)7-12/h2-6,8,13H,7,12H2,1H3. The molecule has 3 N–H and O–H groups in total. The first kappa shape index (κ1) is 13.3. The van der Waals surface area contributed by atoms with Crippen LogP contribution in [0.15, 0.2) is 39.2 Å². The van der Waals surface area contributed by atoms with Crippen molar-refractivity contribution < 1.29 is 12.8 Å². The van der Waals surface area contributed by atoms with E-state index in [-0.39, 0.29) is 11.4 Å². The zero-order chi connectivity index (χ0) is 13.2. The van der Waals surface area contributed by atoms with E-state index in [9.17, 15) is 8.42 Å². The number of thiophene rings is 1. The van der Waals surface area contributed by atoms with Gasteiger partial charge < -0.3 is 10.2 Å². The summed E-state index contributed by atoms with van der Waals surface area (Å²) in [5, 5.41) is 1.72. The number of nitrogens with two attached hydrogens (primary N) is 1. The number of furan rings is 1. The van der Waals surface area contributed by atoms with Gasteiger partial charge in [0.2, 0.25) is 10.0 Å². The van der Waals surface area contributed by atoms with Crippen molar-refractivity contribution in [2.45, 2.75) is 24.4 Å². The molecule has 98 valence electrons. The number of hydrogen-bond acceptors (Lipinski definition) is 5. The average Bonchev–Trinajstić information content (AvgIpc) is 2.99. The predicted molar refractivity (Wildman–Crippen MR) is 69.7 cm³/mol. The van der Waals surface area contributed by atoms with Crippen LogP contribution in [0.25, 0.3) is 0 Å². The quantitative estimate of drug-likeness (QED) is 0.878. The van der Waals surface area contributed by atoms with Crippen LogP contribution in [0.3, 0.4) is 0 Å². The van der Waals surface area contributed by atoms with E-state index in [1.807, 2.05) is 0 Å². The largest absolute Gasteiger partial charge is 0.468 e. The molecular formula is C11H14N2O3S2. The van der Waals surface area contributed by atoms with Gasteiger partial charge >= 0.3 is 0 Å². The Bertz CT molecular complexity index is 602. The van der Waals surface area contributed by atoms with Gasteiger partial charge in [0.15, 0.2) is 0 Å². The fourth-order valence-corrected chi connectivity index (χ4v) is 4.16. The first-order valence-corrected chi connectivity index (χ1v) is 7.73. The van der Waals surface area contributed by atoms with Gasteiger partial charge in [0.05, 0.1) is 17.2 Å². The molecule has 0 aliphatic heterocycles. The van der Waals surface area contributed by atoms with Crippen molar-refractivity contribution in [3.05, 3.63) is 40.5 Å². The molecule has 2 heterocycles. The Hall–Kier alpha value is -1.15. The van der Waals surface area contributed by atoms with Crippen LogP contribution in [0.4, 0.5) is 0 Å². The molecule has 0 saturated carbocycles. The Balaban J connectivity index is 2.23. The number of nitrogens with one attached hydrogen (secondary N) is 1. The van der Waals surface area contributed by atoms with Crippen LogP contribution < -0.4 is 10.5 Å². The summed E-state index contributed by atoms with van der Waals surface area (Å²) in [6, 6.07) is 4.58. The molecule has 18 heavy (non-hydrogen) atoms. The Labute approximate surface area is 110 Å². The highest BCUT2D eigenvalue weighted by atomic mass is 32.2. The molecule has 2 aromatic rings. The lowest BCUT2D eigenvalue weighted by Gasteiger charge is -2.12. The summed E-state index contributed by atoms with van der Waals surface area (Å²) in [4.78, 5) is 0.891. The number of rotatable bonds is 5. The third-order valence-electron chi connectivity index (χ3n) is 2.48. The molecule has 0 amide bonds. The first-order chi connectivity index (χ1) is 8.54. The van der Waals surface area contributed by atoms with Crippen LogP contribution >= 0.6 is 11.3 Å². The van der Waals surface area contributed by atoms with Crippen LogP contribution in [-0.4, -0.2) is 8.42 Å².